The molecule has 0 heterocycles. The molecule has 3 heteroatoms. The molecule has 0 aliphatic carbocycles. The number of rotatable bonds is 5. The highest BCUT2D eigenvalue weighted by molar-refractivity contribution is 4.70. The number of likely N-dealkylation sites (N-methyl/N-ethyl adjacent to an activating group) is 1. The molecule has 0 amide bonds. The van der Waals surface area contributed by atoms with E-state index in [0.29, 0.717) is 0 Å². The van der Waals surface area contributed by atoms with Crippen molar-refractivity contribution < 1.29 is 5.11 Å². The van der Waals surface area contributed by atoms with E-state index in [1.807, 2.05) is 25.7 Å². The molecule has 0 aromatic carbocycles. The highest BCUT2D eigenvalue weighted by Crippen LogP contribution is 2.01. The van der Waals surface area contributed by atoms with E-state index in [0.717, 1.165) is 19.5 Å². The zero-order chi connectivity index (χ0) is 8.85. The third kappa shape index (κ3) is 3.18. The Balaban J connectivity index is 3.86. The molecule has 0 aliphatic heterocycles. The van der Waals surface area contributed by atoms with Crippen molar-refractivity contribution in [3.63, 3.8) is 0 Å². The summed E-state index contributed by atoms with van der Waals surface area (Å²) in [5, 5.41) is 9.39. The Kier molecular flexibility index (Phi) is 5.46. The monoisotopic (exact) mass is 160 g/mol. The summed E-state index contributed by atoms with van der Waals surface area (Å²) in [4.78, 5) is 2.05. The minimum atomic E-state index is -0.394. The van der Waals surface area contributed by atoms with Gasteiger partial charge in [0.05, 0.1) is 12.3 Å². The molecule has 2 unspecified atom stereocenters. The smallest absolute Gasteiger partial charge is 0.0839 e. The number of nitrogens with zero attached hydrogens (tertiary/aromatic N) is 1. The van der Waals surface area contributed by atoms with E-state index in [1.165, 1.54) is 0 Å². The van der Waals surface area contributed by atoms with Crippen molar-refractivity contribution in [2.45, 2.75) is 39.5 Å². The molecule has 0 saturated heterocycles. The van der Waals surface area contributed by atoms with E-state index < -0.39 is 6.10 Å². The predicted molar refractivity (Wildman–Crippen MR) is 47.2 cm³/mol. The summed E-state index contributed by atoms with van der Waals surface area (Å²) >= 11 is 0. The van der Waals surface area contributed by atoms with Crippen LogP contribution in [0.4, 0.5) is 0 Å². The predicted octanol–water partition coefficient (Wildman–Crippen LogP) is 0.384. The van der Waals surface area contributed by atoms with Crippen LogP contribution >= 0.6 is 0 Å². The quantitative estimate of drug-likeness (QED) is 0.572. The van der Waals surface area contributed by atoms with Crippen LogP contribution in [0.2, 0.25) is 0 Å². The van der Waals surface area contributed by atoms with E-state index in [4.69, 9.17) is 5.73 Å². The minimum absolute atomic E-state index is 0.199. The lowest BCUT2D eigenvalue weighted by atomic mass is 10.2. The van der Waals surface area contributed by atoms with Crippen LogP contribution in [0.3, 0.4) is 0 Å². The van der Waals surface area contributed by atoms with Crippen LogP contribution in [0.25, 0.3) is 0 Å². The van der Waals surface area contributed by atoms with Gasteiger partial charge in [0.1, 0.15) is 0 Å². The Morgan fingerprint density at radius 3 is 2.00 bits per heavy atom. The van der Waals surface area contributed by atoms with Crippen LogP contribution in [-0.4, -0.2) is 35.4 Å². The largest absolute Gasteiger partial charge is 0.390 e. The van der Waals surface area contributed by atoms with Gasteiger partial charge in [-0.25, -0.2) is 0 Å². The van der Waals surface area contributed by atoms with Crippen molar-refractivity contribution in [2.75, 3.05) is 13.1 Å². The van der Waals surface area contributed by atoms with Gasteiger partial charge in [-0.3, -0.25) is 4.90 Å². The second-order valence-electron chi connectivity index (χ2n) is 2.69. The number of hydrogen-bond donors (Lipinski definition) is 2. The highest BCUT2D eigenvalue weighted by atomic mass is 16.3. The zero-order valence-corrected chi connectivity index (χ0v) is 7.75. The topological polar surface area (TPSA) is 49.5 Å². The standard InChI is InChI=1S/C8H20N2O/c1-4-7(11)8(9)10(5-2)6-3/h7-8,11H,4-6,9H2,1-3H3. The molecule has 0 bridgehead atoms. The molecular weight excluding hydrogens is 140 g/mol. The van der Waals surface area contributed by atoms with Gasteiger partial charge in [-0.05, 0) is 19.5 Å². The molecule has 0 aliphatic rings. The van der Waals surface area contributed by atoms with Gasteiger partial charge < -0.3 is 10.8 Å². The number of aliphatic hydroxyl groups is 1. The van der Waals surface area contributed by atoms with E-state index in [-0.39, 0.29) is 6.17 Å². The van der Waals surface area contributed by atoms with Gasteiger partial charge in [0.2, 0.25) is 0 Å². The lowest BCUT2D eigenvalue weighted by molar-refractivity contribution is 0.0551. The van der Waals surface area contributed by atoms with Crippen molar-refractivity contribution in [1.29, 1.82) is 0 Å². The van der Waals surface area contributed by atoms with Crippen LogP contribution in [0.5, 0.6) is 0 Å². The summed E-state index contributed by atoms with van der Waals surface area (Å²) in [6.45, 7) is 7.83. The summed E-state index contributed by atoms with van der Waals surface area (Å²) in [7, 11) is 0. The summed E-state index contributed by atoms with van der Waals surface area (Å²) < 4.78 is 0. The number of hydrogen-bond acceptors (Lipinski definition) is 3. The highest BCUT2D eigenvalue weighted by Gasteiger charge is 2.17. The molecule has 0 radical (unpaired) electrons. The van der Waals surface area contributed by atoms with E-state index in [9.17, 15) is 5.11 Å². The summed E-state index contributed by atoms with van der Waals surface area (Å²) in [5.41, 5.74) is 5.77. The van der Waals surface area contributed by atoms with Gasteiger partial charge in [-0.15, -0.1) is 0 Å². The molecular formula is C8H20N2O. The van der Waals surface area contributed by atoms with Crippen LogP contribution < -0.4 is 5.73 Å². The Hall–Kier alpha value is -0.120. The minimum Gasteiger partial charge on any atom is -0.390 e. The van der Waals surface area contributed by atoms with Crippen LogP contribution in [0.15, 0.2) is 0 Å². The lowest BCUT2D eigenvalue weighted by Gasteiger charge is -2.29. The first-order chi connectivity index (χ1) is 5.17. The molecule has 0 spiro atoms. The van der Waals surface area contributed by atoms with Crippen molar-refractivity contribution in [1.82, 2.24) is 4.90 Å². The molecule has 0 rings (SSSR count). The zero-order valence-electron chi connectivity index (χ0n) is 7.75. The third-order valence-corrected chi connectivity index (χ3v) is 2.05. The molecule has 2 atom stereocenters. The second kappa shape index (κ2) is 5.52. The van der Waals surface area contributed by atoms with Gasteiger partial charge in [-0.2, -0.15) is 0 Å². The Morgan fingerprint density at radius 2 is 1.73 bits per heavy atom. The first kappa shape index (κ1) is 10.9. The Bertz CT molecular complexity index is 94.1. The normalized spacial score (nSPS) is 16.9. The molecule has 3 nitrogen and oxygen atoms in total. The van der Waals surface area contributed by atoms with Crippen molar-refractivity contribution >= 4 is 0 Å². The maximum absolute atomic E-state index is 9.39. The van der Waals surface area contributed by atoms with Crippen molar-refractivity contribution in [3.8, 4) is 0 Å². The molecule has 0 aromatic rings. The van der Waals surface area contributed by atoms with E-state index in [2.05, 4.69) is 0 Å². The van der Waals surface area contributed by atoms with Crippen molar-refractivity contribution in [3.05, 3.63) is 0 Å². The van der Waals surface area contributed by atoms with E-state index >= 15 is 0 Å². The molecule has 68 valence electrons. The first-order valence-electron chi connectivity index (χ1n) is 4.35. The van der Waals surface area contributed by atoms with Crippen LogP contribution in [0.1, 0.15) is 27.2 Å². The summed E-state index contributed by atoms with van der Waals surface area (Å²) in [5.74, 6) is 0. The van der Waals surface area contributed by atoms with E-state index in [1.54, 1.807) is 0 Å². The molecule has 0 fully saturated rings. The molecule has 0 saturated carbocycles. The lowest BCUT2D eigenvalue weighted by Crippen LogP contribution is -2.49. The average molecular weight is 160 g/mol. The number of nitrogens with two attached hydrogens (primary N) is 1. The molecule has 3 N–H and O–H groups in total. The maximum atomic E-state index is 9.39. The van der Waals surface area contributed by atoms with Gasteiger partial charge >= 0.3 is 0 Å². The van der Waals surface area contributed by atoms with Gasteiger partial charge in [0.25, 0.3) is 0 Å². The fourth-order valence-corrected chi connectivity index (χ4v) is 1.13. The maximum Gasteiger partial charge on any atom is 0.0839 e. The van der Waals surface area contributed by atoms with Crippen LogP contribution in [-0.2, 0) is 0 Å². The van der Waals surface area contributed by atoms with Gasteiger partial charge in [0, 0.05) is 0 Å². The fourth-order valence-electron chi connectivity index (χ4n) is 1.13. The average Bonchev–Trinajstić information content (AvgIpc) is 2.05. The van der Waals surface area contributed by atoms with Gasteiger partial charge in [-0.1, -0.05) is 20.8 Å². The fraction of sp³-hybridized carbons (Fsp3) is 1.00. The second-order valence-corrected chi connectivity index (χ2v) is 2.69. The Labute approximate surface area is 69.2 Å². The summed E-state index contributed by atoms with van der Waals surface area (Å²) in [6.07, 6.45) is 0.127. The molecule has 11 heavy (non-hydrogen) atoms. The number of aliphatic hydroxyl groups excluding tert-OH is 1. The summed E-state index contributed by atoms with van der Waals surface area (Å²) in [6, 6.07) is 0. The Morgan fingerprint density at radius 1 is 1.27 bits per heavy atom. The van der Waals surface area contributed by atoms with Crippen LogP contribution in [0, 0.1) is 0 Å². The SMILES string of the molecule is CCC(O)C(N)N(CC)CC. The third-order valence-electron chi connectivity index (χ3n) is 2.05. The van der Waals surface area contributed by atoms with Crippen molar-refractivity contribution in [2.24, 2.45) is 5.73 Å². The first-order valence-corrected chi connectivity index (χ1v) is 4.35. The van der Waals surface area contributed by atoms with Gasteiger partial charge in [0.15, 0.2) is 0 Å². The molecule has 0 aromatic heterocycles.